The molecule has 25 heavy (non-hydrogen) atoms. The Kier molecular flexibility index (Phi) is 6.89. The Hall–Kier alpha value is -1.84. The molecular weight excluding hydrogens is 326 g/mol. The summed E-state index contributed by atoms with van der Waals surface area (Å²) in [6.07, 6.45) is 4.79. The van der Waals surface area contributed by atoms with Crippen LogP contribution in [0.3, 0.4) is 0 Å². The second kappa shape index (κ2) is 9.59. The molecule has 1 unspecified atom stereocenters. The van der Waals surface area contributed by atoms with Gasteiger partial charge in [0.15, 0.2) is 0 Å². The van der Waals surface area contributed by atoms with E-state index in [0.717, 1.165) is 44.5 Å². The van der Waals surface area contributed by atoms with E-state index in [0.29, 0.717) is 6.10 Å². The van der Waals surface area contributed by atoms with E-state index in [4.69, 9.17) is 4.74 Å². The van der Waals surface area contributed by atoms with Gasteiger partial charge in [-0.05, 0) is 54.9 Å². The predicted molar refractivity (Wildman–Crippen MR) is 109 cm³/mol. The van der Waals surface area contributed by atoms with Gasteiger partial charge in [-0.25, -0.2) is 0 Å². The monoisotopic (exact) mass is 353 g/mol. The Morgan fingerprint density at radius 3 is 2.72 bits per heavy atom. The number of rotatable bonds is 10. The van der Waals surface area contributed by atoms with Crippen LogP contribution in [-0.2, 0) is 6.54 Å². The van der Waals surface area contributed by atoms with Crippen LogP contribution in [0.1, 0.15) is 38.2 Å². The molecule has 0 aliphatic rings. The van der Waals surface area contributed by atoms with Gasteiger partial charge in [0, 0.05) is 16.6 Å². The number of nitrogens with one attached hydrogen (secondary N) is 1. The molecule has 0 aliphatic heterocycles. The van der Waals surface area contributed by atoms with Gasteiger partial charge in [0.25, 0.3) is 0 Å². The Morgan fingerprint density at radius 2 is 1.88 bits per heavy atom. The quantitative estimate of drug-likeness (QED) is 0.450. The molecular formula is C22H27NOS. The van der Waals surface area contributed by atoms with Crippen LogP contribution in [-0.4, -0.2) is 12.6 Å². The highest BCUT2D eigenvalue weighted by molar-refractivity contribution is 7.17. The van der Waals surface area contributed by atoms with Gasteiger partial charge in [-0.15, -0.1) is 11.3 Å². The van der Waals surface area contributed by atoms with E-state index in [1.54, 1.807) is 11.3 Å². The van der Waals surface area contributed by atoms with Crippen LogP contribution in [0, 0.1) is 0 Å². The minimum atomic E-state index is 0.300. The van der Waals surface area contributed by atoms with E-state index in [-0.39, 0.29) is 0 Å². The summed E-state index contributed by atoms with van der Waals surface area (Å²) in [5.41, 5.74) is 1.34. The van der Waals surface area contributed by atoms with E-state index in [9.17, 15) is 0 Å². The Balaban J connectivity index is 1.47. The van der Waals surface area contributed by atoms with Gasteiger partial charge in [0.2, 0.25) is 0 Å². The lowest BCUT2D eigenvalue weighted by molar-refractivity contribution is 0.179. The van der Waals surface area contributed by atoms with Gasteiger partial charge in [-0.2, -0.15) is 0 Å². The van der Waals surface area contributed by atoms with Gasteiger partial charge in [0.05, 0.1) is 6.10 Å². The van der Waals surface area contributed by atoms with Crippen LogP contribution in [0.2, 0.25) is 0 Å². The van der Waals surface area contributed by atoms with Gasteiger partial charge < -0.3 is 10.1 Å². The summed E-state index contributed by atoms with van der Waals surface area (Å²) < 4.78 is 7.67. The number of hydrogen-bond acceptors (Lipinski definition) is 3. The zero-order valence-corrected chi connectivity index (χ0v) is 15.7. The van der Waals surface area contributed by atoms with Crippen molar-refractivity contribution < 1.29 is 4.74 Å². The third-order valence-corrected chi connectivity index (χ3v) is 5.29. The topological polar surface area (TPSA) is 21.3 Å². The second-order valence-electron chi connectivity index (χ2n) is 6.42. The molecule has 3 heteroatoms. The highest BCUT2D eigenvalue weighted by Gasteiger charge is 2.12. The molecule has 0 amide bonds. The van der Waals surface area contributed by atoms with E-state index < -0.39 is 0 Å². The molecule has 132 valence electrons. The summed E-state index contributed by atoms with van der Waals surface area (Å²) in [6, 6.07) is 19.1. The van der Waals surface area contributed by atoms with Crippen molar-refractivity contribution in [2.24, 2.45) is 0 Å². The van der Waals surface area contributed by atoms with Crippen molar-refractivity contribution in [1.29, 1.82) is 0 Å². The third kappa shape index (κ3) is 5.32. The molecule has 1 aromatic heterocycles. The predicted octanol–water partition coefficient (Wildman–Crippen LogP) is 6.02. The molecule has 3 rings (SSSR count). The molecule has 2 aromatic carbocycles. The van der Waals surface area contributed by atoms with Crippen LogP contribution in [0.15, 0.2) is 60.0 Å². The first-order valence-corrected chi connectivity index (χ1v) is 10.1. The number of hydrogen-bond donors (Lipinski definition) is 1. The van der Waals surface area contributed by atoms with Crippen LogP contribution < -0.4 is 10.1 Å². The van der Waals surface area contributed by atoms with Crippen molar-refractivity contribution >= 4 is 21.4 Å². The summed E-state index contributed by atoms with van der Waals surface area (Å²) in [5, 5.41) is 6.92. The van der Waals surface area contributed by atoms with E-state index in [2.05, 4.69) is 72.2 Å². The average Bonchev–Trinajstić information content (AvgIpc) is 3.12. The minimum absolute atomic E-state index is 0.300. The molecule has 0 saturated heterocycles. The number of thiophene rings is 1. The van der Waals surface area contributed by atoms with Crippen molar-refractivity contribution in [2.75, 3.05) is 6.54 Å². The maximum absolute atomic E-state index is 6.37. The molecule has 2 nitrogen and oxygen atoms in total. The molecule has 0 fully saturated rings. The first-order valence-electron chi connectivity index (χ1n) is 9.24. The molecule has 0 aliphatic carbocycles. The standard InChI is InChI=1S/C22H27NOS/c1-2-8-19(11-7-15-23-17-18-9-4-3-5-10-18)24-21-12-6-13-22-20(21)14-16-25-22/h3-6,9-10,12-14,16,19,23H,2,7-8,11,15,17H2,1H3. The molecule has 1 N–H and O–H groups in total. The van der Waals surface area contributed by atoms with Crippen molar-refractivity contribution in [2.45, 2.75) is 45.3 Å². The molecule has 0 spiro atoms. The first kappa shape index (κ1) is 18.0. The Labute approximate surface area is 154 Å². The molecule has 0 radical (unpaired) electrons. The third-order valence-electron chi connectivity index (χ3n) is 4.41. The first-order chi connectivity index (χ1) is 12.4. The molecule has 3 aromatic rings. The summed E-state index contributed by atoms with van der Waals surface area (Å²) in [4.78, 5) is 0. The Morgan fingerprint density at radius 1 is 1.00 bits per heavy atom. The van der Waals surface area contributed by atoms with Crippen LogP contribution in [0.4, 0.5) is 0 Å². The highest BCUT2D eigenvalue weighted by Crippen LogP contribution is 2.31. The largest absolute Gasteiger partial charge is 0.490 e. The molecule has 0 saturated carbocycles. The lowest BCUT2D eigenvalue weighted by Crippen LogP contribution is -2.20. The van der Waals surface area contributed by atoms with Crippen molar-refractivity contribution in [3.63, 3.8) is 0 Å². The van der Waals surface area contributed by atoms with Gasteiger partial charge in [-0.1, -0.05) is 49.7 Å². The Bertz CT molecular complexity index is 753. The van der Waals surface area contributed by atoms with Gasteiger partial charge in [-0.3, -0.25) is 0 Å². The van der Waals surface area contributed by atoms with Crippen molar-refractivity contribution in [3.8, 4) is 5.75 Å². The van der Waals surface area contributed by atoms with Crippen LogP contribution in [0.5, 0.6) is 5.75 Å². The fourth-order valence-corrected chi connectivity index (χ4v) is 3.92. The summed E-state index contributed by atoms with van der Waals surface area (Å²) in [7, 11) is 0. The molecule has 1 atom stereocenters. The zero-order chi connectivity index (χ0) is 17.3. The lowest BCUT2D eigenvalue weighted by Gasteiger charge is -2.19. The second-order valence-corrected chi connectivity index (χ2v) is 7.37. The summed E-state index contributed by atoms with van der Waals surface area (Å²) >= 11 is 1.77. The summed E-state index contributed by atoms with van der Waals surface area (Å²) in [6.45, 7) is 4.20. The van der Waals surface area contributed by atoms with Gasteiger partial charge >= 0.3 is 0 Å². The minimum Gasteiger partial charge on any atom is -0.490 e. The highest BCUT2D eigenvalue weighted by atomic mass is 32.1. The van der Waals surface area contributed by atoms with E-state index >= 15 is 0 Å². The van der Waals surface area contributed by atoms with Crippen molar-refractivity contribution in [3.05, 3.63) is 65.5 Å². The van der Waals surface area contributed by atoms with E-state index in [1.807, 2.05) is 0 Å². The fourth-order valence-electron chi connectivity index (χ4n) is 3.12. The zero-order valence-electron chi connectivity index (χ0n) is 14.9. The maximum atomic E-state index is 6.37. The van der Waals surface area contributed by atoms with E-state index in [1.165, 1.54) is 15.6 Å². The van der Waals surface area contributed by atoms with Crippen LogP contribution >= 0.6 is 11.3 Å². The van der Waals surface area contributed by atoms with Crippen molar-refractivity contribution in [1.82, 2.24) is 5.32 Å². The SMILES string of the molecule is CCCC(CCCNCc1ccccc1)Oc1cccc2sccc12. The lowest BCUT2D eigenvalue weighted by atomic mass is 10.1. The normalized spacial score (nSPS) is 12.4. The molecule has 1 heterocycles. The number of fused-ring (bicyclic) bond motifs is 1. The smallest absolute Gasteiger partial charge is 0.128 e. The molecule has 0 bridgehead atoms. The number of benzene rings is 2. The number of ether oxygens (including phenoxy) is 1. The summed E-state index contributed by atoms with van der Waals surface area (Å²) in [5.74, 6) is 1.04. The van der Waals surface area contributed by atoms with Crippen LogP contribution in [0.25, 0.3) is 10.1 Å². The fraction of sp³-hybridized carbons (Fsp3) is 0.364. The maximum Gasteiger partial charge on any atom is 0.128 e. The average molecular weight is 354 g/mol. The van der Waals surface area contributed by atoms with Gasteiger partial charge in [0.1, 0.15) is 5.75 Å².